The SMILES string of the molecule is COc1ccc(NCc2ccc(Cl)s2)cc1Cl. The summed E-state index contributed by atoms with van der Waals surface area (Å²) in [6.07, 6.45) is 0. The molecule has 17 heavy (non-hydrogen) atoms. The van der Waals surface area contributed by atoms with Crippen LogP contribution in [0.1, 0.15) is 4.88 Å². The third-order valence-electron chi connectivity index (χ3n) is 2.25. The third-order valence-corrected chi connectivity index (χ3v) is 3.77. The highest BCUT2D eigenvalue weighted by Crippen LogP contribution is 2.28. The minimum Gasteiger partial charge on any atom is -0.495 e. The van der Waals surface area contributed by atoms with Gasteiger partial charge in [0.15, 0.2) is 0 Å². The largest absolute Gasteiger partial charge is 0.495 e. The predicted molar refractivity (Wildman–Crippen MR) is 74.7 cm³/mol. The van der Waals surface area contributed by atoms with Gasteiger partial charge in [0.2, 0.25) is 0 Å². The molecule has 1 N–H and O–H groups in total. The lowest BCUT2D eigenvalue weighted by molar-refractivity contribution is 0.415. The Morgan fingerprint density at radius 2 is 2.06 bits per heavy atom. The summed E-state index contributed by atoms with van der Waals surface area (Å²) in [5.74, 6) is 0.677. The Labute approximate surface area is 114 Å². The van der Waals surface area contributed by atoms with Gasteiger partial charge in [0.25, 0.3) is 0 Å². The molecular weight excluding hydrogens is 277 g/mol. The van der Waals surface area contributed by atoms with Crippen LogP contribution in [0.25, 0.3) is 0 Å². The van der Waals surface area contributed by atoms with E-state index in [0.29, 0.717) is 10.8 Å². The van der Waals surface area contributed by atoms with E-state index in [9.17, 15) is 0 Å². The van der Waals surface area contributed by atoms with Crippen LogP contribution in [0.5, 0.6) is 5.75 Å². The summed E-state index contributed by atoms with van der Waals surface area (Å²) in [7, 11) is 1.60. The molecule has 1 aromatic heterocycles. The van der Waals surface area contributed by atoms with Crippen LogP contribution in [0, 0.1) is 0 Å². The number of thiophene rings is 1. The van der Waals surface area contributed by atoms with Crippen LogP contribution in [0.3, 0.4) is 0 Å². The summed E-state index contributed by atoms with van der Waals surface area (Å²) in [5.41, 5.74) is 0.959. The van der Waals surface area contributed by atoms with E-state index in [0.717, 1.165) is 16.6 Å². The summed E-state index contributed by atoms with van der Waals surface area (Å²) >= 11 is 13.5. The van der Waals surface area contributed by atoms with Gasteiger partial charge in [0.05, 0.1) is 16.5 Å². The molecule has 0 aliphatic rings. The van der Waals surface area contributed by atoms with Crippen molar-refractivity contribution in [1.82, 2.24) is 0 Å². The fourth-order valence-corrected chi connectivity index (χ4v) is 2.70. The average molecular weight is 288 g/mol. The van der Waals surface area contributed by atoms with Crippen molar-refractivity contribution < 1.29 is 4.74 Å². The van der Waals surface area contributed by atoms with E-state index in [-0.39, 0.29) is 0 Å². The van der Waals surface area contributed by atoms with E-state index < -0.39 is 0 Å². The van der Waals surface area contributed by atoms with Crippen molar-refractivity contribution in [3.8, 4) is 5.75 Å². The summed E-state index contributed by atoms with van der Waals surface area (Å²) in [4.78, 5) is 1.18. The lowest BCUT2D eigenvalue weighted by Gasteiger charge is -2.07. The summed E-state index contributed by atoms with van der Waals surface area (Å²) in [5, 5.41) is 3.88. The molecule has 0 bridgehead atoms. The fourth-order valence-electron chi connectivity index (χ4n) is 1.41. The molecule has 0 atom stereocenters. The molecular formula is C12H11Cl2NOS. The Hall–Kier alpha value is -0.900. The highest BCUT2D eigenvalue weighted by Gasteiger charge is 2.02. The average Bonchev–Trinajstić information content (AvgIpc) is 2.73. The topological polar surface area (TPSA) is 21.3 Å². The number of hydrogen-bond donors (Lipinski definition) is 1. The van der Waals surface area contributed by atoms with Gasteiger partial charge in [-0.3, -0.25) is 0 Å². The van der Waals surface area contributed by atoms with Crippen LogP contribution in [0.15, 0.2) is 30.3 Å². The summed E-state index contributed by atoms with van der Waals surface area (Å²) < 4.78 is 5.89. The Bertz CT molecular complexity index is 513. The molecule has 90 valence electrons. The quantitative estimate of drug-likeness (QED) is 0.882. The monoisotopic (exact) mass is 287 g/mol. The van der Waals surface area contributed by atoms with E-state index in [1.807, 2.05) is 30.3 Å². The van der Waals surface area contributed by atoms with Crippen molar-refractivity contribution in [2.24, 2.45) is 0 Å². The number of rotatable bonds is 4. The molecule has 0 saturated carbocycles. The Kier molecular flexibility index (Phi) is 4.15. The van der Waals surface area contributed by atoms with Crippen molar-refractivity contribution in [2.45, 2.75) is 6.54 Å². The first-order valence-electron chi connectivity index (χ1n) is 5.00. The smallest absolute Gasteiger partial charge is 0.137 e. The third kappa shape index (κ3) is 3.28. The Morgan fingerprint density at radius 1 is 1.24 bits per heavy atom. The molecule has 0 saturated heterocycles. The fraction of sp³-hybridized carbons (Fsp3) is 0.167. The molecule has 0 spiro atoms. The van der Waals surface area contributed by atoms with Gasteiger partial charge >= 0.3 is 0 Å². The maximum Gasteiger partial charge on any atom is 0.137 e. The molecule has 0 unspecified atom stereocenters. The first kappa shape index (κ1) is 12.6. The second-order valence-electron chi connectivity index (χ2n) is 3.41. The molecule has 0 amide bonds. The molecule has 0 aliphatic heterocycles. The standard InChI is InChI=1S/C12H11Cl2NOS/c1-16-11-4-2-8(6-10(11)13)15-7-9-3-5-12(14)17-9/h2-6,15H,7H2,1H3. The maximum absolute atomic E-state index is 6.03. The van der Waals surface area contributed by atoms with Crippen LogP contribution in [0.4, 0.5) is 5.69 Å². The van der Waals surface area contributed by atoms with E-state index >= 15 is 0 Å². The number of benzene rings is 1. The van der Waals surface area contributed by atoms with Crippen molar-refractivity contribution in [3.05, 3.63) is 44.6 Å². The van der Waals surface area contributed by atoms with Gasteiger partial charge in [-0.15, -0.1) is 11.3 Å². The molecule has 0 fully saturated rings. The molecule has 2 aromatic rings. The molecule has 2 nitrogen and oxygen atoms in total. The normalized spacial score (nSPS) is 10.3. The molecule has 0 radical (unpaired) electrons. The lowest BCUT2D eigenvalue weighted by Crippen LogP contribution is -1.97. The number of methoxy groups -OCH3 is 1. The van der Waals surface area contributed by atoms with E-state index in [2.05, 4.69) is 5.32 Å². The molecule has 5 heteroatoms. The van der Waals surface area contributed by atoms with Crippen LogP contribution in [-0.2, 0) is 6.54 Å². The van der Waals surface area contributed by atoms with Gasteiger partial charge in [-0.1, -0.05) is 23.2 Å². The van der Waals surface area contributed by atoms with Gasteiger partial charge in [-0.25, -0.2) is 0 Å². The summed E-state index contributed by atoms with van der Waals surface area (Å²) in [6, 6.07) is 9.51. The maximum atomic E-state index is 6.03. The number of ether oxygens (including phenoxy) is 1. The predicted octanol–water partition coefficient (Wildman–Crippen LogP) is 4.68. The molecule has 0 aliphatic carbocycles. The van der Waals surface area contributed by atoms with Crippen molar-refractivity contribution >= 4 is 40.2 Å². The first-order valence-corrected chi connectivity index (χ1v) is 6.58. The van der Waals surface area contributed by atoms with Gasteiger partial charge in [-0.2, -0.15) is 0 Å². The first-order chi connectivity index (χ1) is 8.19. The van der Waals surface area contributed by atoms with Crippen molar-refractivity contribution in [2.75, 3.05) is 12.4 Å². The number of hydrogen-bond acceptors (Lipinski definition) is 3. The van der Waals surface area contributed by atoms with Gasteiger partial charge in [0, 0.05) is 17.1 Å². The van der Waals surface area contributed by atoms with E-state index in [4.69, 9.17) is 27.9 Å². The minimum absolute atomic E-state index is 0.599. The highest BCUT2D eigenvalue weighted by molar-refractivity contribution is 7.16. The Morgan fingerprint density at radius 3 is 2.65 bits per heavy atom. The second-order valence-corrected chi connectivity index (χ2v) is 5.62. The van der Waals surface area contributed by atoms with Crippen LogP contribution < -0.4 is 10.1 Å². The lowest BCUT2D eigenvalue weighted by atomic mass is 10.3. The molecule has 1 heterocycles. The van der Waals surface area contributed by atoms with Gasteiger partial charge in [0.1, 0.15) is 5.75 Å². The second kappa shape index (κ2) is 5.63. The minimum atomic E-state index is 0.599. The number of nitrogens with one attached hydrogen (secondary N) is 1. The zero-order chi connectivity index (χ0) is 12.3. The zero-order valence-corrected chi connectivity index (χ0v) is 11.5. The highest BCUT2D eigenvalue weighted by atomic mass is 35.5. The van der Waals surface area contributed by atoms with Crippen LogP contribution in [0.2, 0.25) is 9.36 Å². The molecule has 2 rings (SSSR count). The van der Waals surface area contributed by atoms with Crippen LogP contribution in [-0.4, -0.2) is 7.11 Å². The van der Waals surface area contributed by atoms with E-state index in [1.54, 1.807) is 18.4 Å². The number of halogens is 2. The van der Waals surface area contributed by atoms with Crippen molar-refractivity contribution in [3.63, 3.8) is 0 Å². The summed E-state index contributed by atoms with van der Waals surface area (Å²) in [6.45, 7) is 0.736. The Balaban J connectivity index is 2.02. The van der Waals surface area contributed by atoms with Gasteiger partial charge in [-0.05, 0) is 30.3 Å². The van der Waals surface area contributed by atoms with Crippen molar-refractivity contribution in [1.29, 1.82) is 0 Å². The number of anilines is 1. The molecule has 1 aromatic carbocycles. The van der Waals surface area contributed by atoms with Gasteiger partial charge < -0.3 is 10.1 Å². The van der Waals surface area contributed by atoms with E-state index in [1.165, 1.54) is 4.88 Å². The zero-order valence-electron chi connectivity index (χ0n) is 9.17. The van der Waals surface area contributed by atoms with Crippen LogP contribution >= 0.6 is 34.5 Å².